The number of unbranched alkanes of at least 4 members (excludes halogenated alkanes) is 16. The number of carbonyl (C=O) groups excluding carboxylic acids is 2. The molecule has 4 atom stereocenters. The van der Waals surface area contributed by atoms with Crippen molar-refractivity contribution < 1.29 is 39.5 Å². The Kier molecular flexibility index (Phi) is 41.2. The van der Waals surface area contributed by atoms with Gasteiger partial charge in [0.1, 0.15) is 0 Å². The fourth-order valence-corrected chi connectivity index (χ4v) is 7.27. The third-order valence-corrected chi connectivity index (χ3v) is 10.8. The number of carboxylic acids is 2. The SMILES string of the molecule is CCCCCCCCCCC(CC(O)CCCCC(=O)[O-])OCc1ccccc1.CCCCCCCCCCC(CC(O)CCCCC(=O)[O-])OCc1ccccc1.[Ba+2]. The molecule has 0 saturated heterocycles. The van der Waals surface area contributed by atoms with Crippen LogP contribution in [0.1, 0.15) is 205 Å². The van der Waals surface area contributed by atoms with E-state index in [1.807, 2.05) is 36.4 Å². The van der Waals surface area contributed by atoms with E-state index in [0.717, 1.165) is 36.8 Å². The van der Waals surface area contributed by atoms with Gasteiger partial charge in [-0.2, -0.15) is 0 Å². The molecule has 2 N–H and O–H groups in total. The molecule has 0 aliphatic carbocycles. The number of carbonyl (C=O) groups is 2. The predicted octanol–water partition coefficient (Wildman–Crippen LogP) is 9.95. The number of benzene rings is 2. The van der Waals surface area contributed by atoms with E-state index < -0.39 is 24.1 Å². The van der Waals surface area contributed by atoms with Gasteiger partial charge in [-0.1, -0.05) is 190 Å². The second kappa shape index (κ2) is 42.1. The smallest absolute Gasteiger partial charge is 0.550 e. The minimum atomic E-state index is -1.02. The van der Waals surface area contributed by atoms with E-state index in [4.69, 9.17) is 9.47 Å². The molecular weight excluding hydrogens is 866 g/mol. The summed E-state index contributed by atoms with van der Waals surface area (Å²) < 4.78 is 12.3. The molecule has 0 bridgehead atoms. The molecule has 2 aromatic carbocycles. The number of hydrogen-bond acceptors (Lipinski definition) is 8. The van der Waals surface area contributed by atoms with Crippen molar-refractivity contribution in [1.29, 1.82) is 0 Å². The number of rotatable bonds is 38. The van der Waals surface area contributed by atoms with Gasteiger partial charge in [0.25, 0.3) is 0 Å². The minimum Gasteiger partial charge on any atom is -0.550 e. The Balaban J connectivity index is 0.00000112. The van der Waals surface area contributed by atoms with Crippen molar-refractivity contribution in [3.8, 4) is 0 Å². The van der Waals surface area contributed by atoms with E-state index >= 15 is 0 Å². The molecule has 0 aromatic heterocycles. The van der Waals surface area contributed by atoms with Gasteiger partial charge in [-0.05, 0) is 75.3 Å². The van der Waals surface area contributed by atoms with Gasteiger partial charge >= 0.3 is 48.9 Å². The third kappa shape index (κ3) is 38.2. The number of carboxylic acid groups (broad SMARTS) is 2. The number of aliphatic carboxylic acids is 2. The van der Waals surface area contributed by atoms with Crippen LogP contribution in [0.5, 0.6) is 0 Å². The molecule has 0 heterocycles. The molecule has 332 valence electrons. The number of hydrogen-bond donors (Lipinski definition) is 2. The predicted molar refractivity (Wildman–Crippen MR) is 238 cm³/mol. The molecule has 0 aliphatic heterocycles. The van der Waals surface area contributed by atoms with E-state index in [0.29, 0.717) is 64.6 Å². The Hall–Kier alpha value is -1.21. The summed E-state index contributed by atoms with van der Waals surface area (Å²) in [6.07, 6.45) is 26.8. The Morgan fingerprint density at radius 1 is 0.475 bits per heavy atom. The molecule has 0 radical (unpaired) electrons. The maximum Gasteiger partial charge on any atom is 2.00 e. The van der Waals surface area contributed by atoms with Crippen LogP contribution in [0.4, 0.5) is 0 Å². The van der Waals surface area contributed by atoms with Crippen molar-refractivity contribution in [3.05, 3.63) is 71.8 Å². The second-order valence-corrected chi connectivity index (χ2v) is 16.4. The summed E-state index contributed by atoms with van der Waals surface area (Å²) in [6, 6.07) is 20.3. The summed E-state index contributed by atoms with van der Waals surface area (Å²) >= 11 is 0. The van der Waals surface area contributed by atoms with E-state index in [-0.39, 0.29) is 73.9 Å². The third-order valence-electron chi connectivity index (χ3n) is 10.8. The quantitative estimate of drug-likeness (QED) is 0.0501. The number of aliphatic hydroxyl groups excluding tert-OH is 2. The van der Waals surface area contributed by atoms with E-state index in [1.54, 1.807) is 0 Å². The van der Waals surface area contributed by atoms with Gasteiger partial charge < -0.3 is 39.5 Å². The first-order valence-corrected chi connectivity index (χ1v) is 23.3. The molecule has 0 saturated carbocycles. The van der Waals surface area contributed by atoms with Crippen molar-refractivity contribution in [2.75, 3.05) is 0 Å². The van der Waals surface area contributed by atoms with Gasteiger partial charge in [-0.15, -0.1) is 0 Å². The fraction of sp³-hybridized carbons (Fsp3) is 0.720. The number of ether oxygens (including phenoxy) is 2. The zero-order chi connectivity index (χ0) is 42.3. The van der Waals surface area contributed by atoms with Crippen molar-refractivity contribution in [2.24, 2.45) is 0 Å². The Bertz CT molecular complexity index is 1110. The molecule has 0 fully saturated rings. The topological polar surface area (TPSA) is 139 Å². The van der Waals surface area contributed by atoms with Crippen LogP contribution in [0.3, 0.4) is 0 Å². The van der Waals surface area contributed by atoms with Gasteiger partial charge in [0.15, 0.2) is 0 Å². The van der Waals surface area contributed by atoms with Crippen LogP contribution < -0.4 is 10.2 Å². The van der Waals surface area contributed by atoms with Crippen LogP contribution in [0.15, 0.2) is 60.7 Å². The maximum atomic E-state index is 10.5. The number of aliphatic hydroxyl groups is 2. The summed E-state index contributed by atoms with van der Waals surface area (Å²) in [5, 5.41) is 41.7. The maximum absolute atomic E-state index is 10.5. The standard InChI is InChI=1S/2C25H42O4.Ba/c2*1-2-3-4-5-6-7-8-12-18-24(29-21-22-15-10-9-11-16-22)20-23(26)17-13-14-19-25(27)28;/h2*9-11,15-16,23-24,26H,2-8,12-14,17-21H2,1H3,(H,27,28);/q;;+2/p-2. The summed E-state index contributed by atoms with van der Waals surface area (Å²) in [6.45, 7) is 5.63. The van der Waals surface area contributed by atoms with E-state index in [1.165, 1.54) is 89.9 Å². The summed E-state index contributed by atoms with van der Waals surface area (Å²) in [5.41, 5.74) is 2.30. The monoisotopic (exact) mass is 949 g/mol. The molecule has 59 heavy (non-hydrogen) atoms. The normalized spacial score (nSPS) is 13.1. The van der Waals surface area contributed by atoms with Crippen molar-refractivity contribution in [1.82, 2.24) is 0 Å². The first-order valence-electron chi connectivity index (χ1n) is 23.3. The van der Waals surface area contributed by atoms with Crippen molar-refractivity contribution >= 4 is 60.8 Å². The van der Waals surface area contributed by atoms with Crippen molar-refractivity contribution in [3.63, 3.8) is 0 Å². The fourth-order valence-electron chi connectivity index (χ4n) is 7.27. The Morgan fingerprint density at radius 3 is 1.10 bits per heavy atom. The van der Waals surface area contributed by atoms with Gasteiger partial charge in [-0.3, -0.25) is 0 Å². The van der Waals surface area contributed by atoms with E-state index in [2.05, 4.69) is 38.1 Å². The summed E-state index contributed by atoms with van der Waals surface area (Å²) in [7, 11) is 0. The van der Waals surface area contributed by atoms with E-state index in [9.17, 15) is 30.0 Å². The van der Waals surface area contributed by atoms with Crippen LogP contribution >= 0.6 is 0 Å². The van der Waals surface area contributed by atoms with Gasteiger partial charge in [0, 0.05) is 11.9 Å². The summed E-state index contributed by atoms with van der Waals surface area (Å²) in [5.74, 6) is -2.03. The van der Waals surface area contributed by atoms with Gasteiger partial charge in [0.05, 0.1) is 37.6 Å². The average molecular weight is 949 g/mol. The molecule has 4 unspecified atom stereocenters. The minimum absolute atomic E-state index is 0. The zero-order valence-corrected chi connectivity index (χ0v) is 41.8. The molecular formula is C50H82BaO8. The Labute approximate surface area is 400 Å². The second-order valence-electron chi connectivity index (χ2n) is 16.4. The molecule has 0 amide bonds. The molecule has 2 aromatic rings. The van der Waals surface area contributed by atoms with Crippen LogP contribution in [0, 0.1) is 0 Å². The van der Waals surface area contributed by atoms with Crippen LogP contribution in [0.25, 0.3) is 0 Å². The average Bonchev–Trinajstić information content (AvgIpc) is 3.22. The molecule has 9 heteroatoms. The van der Waals surface area contributed by atoms with Crippen molar-refractivity contribution in [2.45, 2.75) is 231 Å². The molecule has 8 nitrogen and oxygen atoms in total. The summed E-state index contributed by atoms with van der Waals surface area (Å²) in [4.78, 5) is 21.0. The zero-order valence-electron chi connectivity index (χ0n) is 37.3. The first-order chi connectivity index (χ1) is 28.2. The van der Waals surface area contributed by atoms with Crippen LogP contribution in [-0.2, 0) is 32.3 Å². The first kappa shape index (κ1) is 57.8. The van der Waals surface area contributed by atoms with Crippen LogP contribution in [0.2, 0.25) is 0 Å². The van der Waals surface area contributed by atoms with Gasteiger partial charge in [-0.25, -0.2) is 0 Å². The Morgan fingerprint density at radius 2 is 0.780 bits per heavy atom. The molecule has 0 spiro atoms. The van der Waals surface area contributed by atoms with Crippen LogP contribution in [-0.4, -0.2) is 95.4 Å². The molecule has 0 aliphatic rings. The molecule has 2 rings (SSSR count). The largest absolute Gasteiger partial charge is 2.00 e. The van der Waals surface area contributed by atoms with Gasteiger partial charge in [0.2, 0.25) is 0 Å².